The van der Waals surface area contributed by atoms with Gasteiger partial charge in [-0.05, 0) is 129 Å². The van der Waals surface area contributed by atoms with E-state index in [1.54, 1.807) is 0 Å². The highest BCUT2D eigenvalue weighted by molar-refractivity contribution is 5.74. The van der Waals surface area contributed by atoms with Crippen LogP contribution < -0.4 is 0 Å². The third-order valence-corrected chi connectivity index (χ3v) is 12.2. The van der Waals surface area contributed by atoms with Gasteiger partial charge in [-0.1, -0.05) is 13.8 Å². The predicted molar refractivity (Wildman–Crippen MR) is 108 cm³/mol. The van der Waals surface area contributed by atoms with Crippen LogP contribution in [0.1, 0.15) is 72.1 Å². The number of hydrogen-bond donors (Lipinski definition) is 0. The van der Waals surface area contributed by atoms with Crippen LogP contribution in [0.25, 0.3) is 0 Å². The van der Waals surface area contributed by atoms with E-state index in [1.165, 1.54) is 44.9 Å². The fraction of sp³-hybridized carbons (Fsp3) is 0.962. The van der Waals surface area contributed by atoms with Crippen LogP contribution in [0.5, 0.6) is 0 Å². The highest BCUT2D eigenvalue weighted by Crippen LogP contribution is 2.71. The summed E-state index contributed by atoms with van der Waals surface area (Å²) < 4.78 is 6.59. The van der Waals surface area contributed by atoms with E-state index in [0.717, 1.165) is 59.7 Å². The van der Waals surface area contributed by atoms with Gasteiger partial charge in [0, 0.05) is 0 Å². The van der Waals surface area contributed by atoms with Gasteiger partial charge in [0.1, 0.15) is 5.60 Å². The van der Waals surface area contributed by atoms with Crippen LogP contribution in [-0.2, 0) is 9.53 Å². The first-order valence-electron chi connectivity index (χ1n) is 12.7. The van der Waals surface area contributed by atoms with E-state index in [4.69, 9.17) is 4.74 Å². The van der Waals surface area contributed by atoms with Crippen molar-refractivity contribution in [2.75, 3.05) is 0 Å². The van der Waals surface area contributed by atoms with Gasteiger partial charge in [-0.2, -0.15) is 0 Å². The fourth-order valence-corrected chi connectivity index (χ4v) is 11.1. The van der Waals surface area contributed by atoms with E-state index >= 15 is 0 Å². The Morgan fingerprint density at radius 1 is 0.750 bits per heavy atom. The highest BCUT2D eigenvalue weighted by atomic mass is 16.6. The van der Waals surface area contributed by atoms with Crippen LogP contribution in [0.4, 0.5) is 0 Å². The molecule has 0 amide bonds. The molecule has 8 rings (SSSR count). The largest absolute Gasteiger partial charge is 0.459 e. The summed E-state index contributed by atoms with van der Waals surface area (Å²) in [6.07, 6.45) is 10.8. The zero-order valence-electron chi connectivity index (χ0n) is 18.0. The molecule has 0 aromatic carbocycles. The molecular formula is C26H38O2. The van der Waals surface area contributed by atoms with Gasteiger partial charge in [0.05, 0.1) is 5.92 Å². The number of carbonyl (C=O) groups is 1. The van der Waals surface area contributed by atoms with E-state index in [0.29, 0.717) is 17.8 Å². The Hall–Kier alpha value is -0.530. The normalized spacial score (nSPS) is 65.2. The minimum Gasteiger partial charge on any atom is -0.459 e. The molecule has 154 valence electrons. The van der Waals surface area contributed by atoms with Gasteiger partial charge in [0.25, 0.3) is 0 Å². The van der Waals surface area contributed by atoms with Gasteiger partial charge in [0.2, 0.25) is 0 Å². The average molecular weight is 383 g/mol. The number of rotatable bonds is 2. The number of esters is 1. The maximum Gasteiger partial charge on any atom is 0.309 e. The molecule has 0 saturated heterocycles. The lowest BCUT2D eigenvalue weighted by molar-refractivity contribution is -0.209. The maximum atomic E-state index is 13.6. The first-order valence-corrected chi connectivity index (χ1v) is 12.7. The molecule has 0 aromatic rings. The molecule has 0 N–H and O–H groups in total. The van der Waals surface area contributed by atoms with E-state index in [1.807, 2.05) is 0 Å². The van der Waals surface area contributed by atoms with Crippen LogP contribution in [0.15, 0.2) is 0 Å². The van der Waals surface area contributed by atoms with Crippen molar-refractivity contribution in [2.45, 2.75) is 77.7 Å². The summed E-state index contributed by atoms with van der Waals surface area (Å²) in [5.74, 6) is 10.7. The summed E-state index contributed by atoms with van der Waals surface area (Å²) in [5.41, 5.74) is -0.137. The lowest BCUT2D eigenvalue weighted by Crippen LogP contribution is -2.58. The Morgan fingerprint density at radius 3 is 2.00 bits per heavy atom. The summed E-state index contributed by atoms with van der Waals surface area (Å²) in [6.45, 7) is 7.34. The lowest BCUT2D eigenvalue weighted by atomic mass is 9.50. The second-order valence-electron chi connectivity index (χ2n) is 12.8. The Morgan fingerprint density at radius 2 is 1.36 bits per heavy atom. The van der Waals surface area contributed by atoms with Gasteiger partial charge in [-0.3, -0.25) is 4.79 Å². The SMILES string of the molecule is CC1C(C)C2CC1C1C3CC(C(=O)OC4(C)C5CC6CC(C5)CC4C6)C(C3)C21. The Labute approximate surface area is 170 Å². The average Bonchev–Trinajstić information content (AvgIpc) is 3.39. The molecule has 0 aliphatic heterocycles. The second-order valence-corrected chi connectivity index (χ2v) is 12.8. The standard InChI is InChI=1S/C26H38O2/c1-12-13(2)20-11-19(12)23-16-9-21(24(20)23)22(10-16)25(27)28-26(3)17-5-14-4-15(7-17)8-18(26)6-14/h12-24H,4-11H2,1-3H3. The van der Waals surface area contributed by atoms with Crippen molar-refractivity contribution in [3.63, 3.8) is 0 Å². The summed E-state index contributed by atoms with van der Waals surface area (Å²) in [4.78, 5) is 13.6. The maximum absolute atomic E-state index is 13.6. The predicted octanol–water partition coefficient (Wildman–Crippen LogP) is 5.55. The summed E-state index contributed by atoms with van der Waals surface area (Å²) >= 11 is 0. The van der Waals surface area contributed by atoms with Crippen molar-refractivity contribution >= 4 is 5.97 Å². The van der Waals surface area contributed by atoms with E-state index in [9.17, 15) is 4.79 Å². The monoisotopic (exact) mass is 382 g/mol. The minimum absolute atomic E-state index is 0.137. The molecule has 0 radical (unpaired) electrons. The van der Waals surface area contributed by atoms with Crippen molar-refractivity contribution in [3.05, 3.63) is 0 Å². The molecule has 8 aliphatic carbocycles. The number of carbonyl (C=O) groups excluding carboxylic acids is 1. The van der Waals surface area contributed by atoms with E-state index < -0.39 is 0 Å². The van der Waals surface area contributed by atoms with Gasteiger partial charge < -0.3 is 4.74 Å². The van der Waals surface area contributed by atoms with Gasteiger partial charge >= 0.3 is 5.97 Å². The summed E-state index contributed by atoms with van der Waals surface area (Å²) in [7, 11) is 0. The van der Waals surface area contributed by atoms with Crippen LogP contribution in [0.2, 0.25) is 0 Å². The van der Waals surface area contributed by atoms with Gasteiger partial charge in [-0.25, -0.2) is 0 Å². The molecule has 0 aromatic heterocycles. The summed E-state index contributed by atoms with van der Waals surface area (Å²) in [6, 6.07) is 0. The van der Waals surface area contributed by atoms with Crippen molar-refractivity contribution in [1.29, 1.82) is 0 Å². The first kappa shape index (κ1) is 17.2. The molecule has 0 spiro atoms. The third kappa shape index (κ3) is 1.95. The van der Waals surface area contributed by atoms with Crippen LogP contribution in [0, 0.1) is 76.9 Å². The molecule has 2 nitrogen and oxygen atoms in total. The smallest absolute Gasteiger partial charge is 0.309 e. The molecule has 8 aliphatic rings. The summed E-state index contributed by atoms with van der Waals surface area (Å²) in [5, 5.41) is 0. The zero-order valence-corrected chi connectivity index (χ0v) is 18.0. The number of hydrogen-bond acceptors (Lipinski definition) is 2. The highest BCUT2D eigenvalue weighted by Gasteiger charge is 2.67. The first-order chi connectivity index (χ1) is 13.4. The topological polar surface area (TPSA) is 26.3 Å². The minimum atomic E-state index is -0.137. The number of fused-ring (bicyclic) bond motifs is 9. The van der Waals surface area contributed by atoms with Crippen molar-refractivity contribution in [2.24, 2.45) is 76.9 Å². The Balaban J connectivity index is 1.11. The molecular weight excluding hydrogens is 344 g/mol. The third-order valence-electron chi connectivity index (χ3n) is 12.2. The van der Waals surface area contributed by atoms with E-state index in [-0.39, 0.29) is 17.5 Å². The molecule has 8 bridgehead atoms. The molecule has 2 heteroatoms. The molecule has 8 saturated carbocycles. The fourth-order valence-electron chi connectivity index (χ4n) is 11.1. The van der Waals surface area contributed by atoms with Crippen LogP contribution in [-0.4, -0.2) is 11.6 Å². The van der Waals surface area contributed by atoms with Gasteiger partial charge in [0.15, 0.2) is 0 Å². The molecule has 28 heavy (non-hydrogen) atoms. The quantitative estimate of drug-likeness (QED) is 0.462. The molecule has 9 atom stereocenters. The van der Waals surface area contributed by atoms with Crippen molar-refractivity contribution in [3.8, 4) is 0 Å². The molecule has 8 fully saturated rings. The van der Waals surface area contributed by atoms with Gasteiger partial charge in [-0.15, -0.1) is 0 Å². The zero-order chi connectivity index (χ0) is 18.9. The lowest BCUT2D eigenvalue weighted by Gasteiger charge is -2.59. The van der Waals surface area contributed by atoms with E-state index in [2.05, 4.69) is 20.8 Å². The molecule has 0 heterocycles. The van der Waals surface area contributed by atoms with Crippen molar-refractivity contribution < 1.29 is 9.53 Å². The molecule has 9 unspecified atom stereocenters. The second kappa shape index (κ2) is 5.38. The van der Waals surface area contributed by atoms with Crippen LogP contribution >= 0.6 is 0 Å². The number of ether oxygens (including phenoxy) is 1. The van der Waals surface area contributed by atoms with Crippen LogP contribution in [0.3, 0.4) is 0 Å². The Kier molecular flexibility index (Phi) is 3.30. The Bertz CT molecular complexity index is 683. The van der Waals surface area contributed by atoms with Crippen molar-refractivity contribution in [1.82, 2.24) is 0 Å².